The van der Waals surface area contributed by atoms with Crippen molar-refractivity contribution in [1.82, 2.24) is 6.15 Å². The Hall–Kier alpha value is -0.620. The molecule has 0 radical (unpaired) electrons. The van der Waals surface area contributed by atoms with Crippen LogP contribution in [0.5, 0.6) is 0 Å². The first-order valence-electron chi connectivity index (χ1n) is 3.27. The van der Waals surface area contributed by atoms with E-state index in [1.165, 1.54) is 6.07 Å². The highest BCUT2D eigenvalue weighted by Gasteiger charge is 2.24. The summed E-state index contributed by atoms with van der Waals surface area (Å²) in [6, 6.07) is 2.95. The molecule has 0 heterocycles. The Bertz CT molecular complexity index is 455. The predicted molar refractivity (Wildman–Crippen MR) is 49.1 cm³/mol. The van der Waals surface area contributed by atoms with Gasteiger partial charge in [0.15, 0.2) is 0 Å². The van der Waals surface area contributed by atoms with Crippen molar-refractivity contribution in [3.05, 3.63) is 28.3 Å². The minimum Gasteiger partial charge on any atom is -0.344 e. The van der Waals surface area contributed by atoms with E-state index >= 15 is 0 Å². The second-order valence-electron chi connectivity index (χ2n) is 2.70. The molecule has 1 aromatic carbocycles. The Labute approximate surface area is 80.9 Å². The third-order valence-corrected chi connectivity index (χ3v) is 3.18. The van der Waals surface area contributed by atoms with Gasteiger partial charge in [0.2, 0.25) is 0 Å². The third-order valence-electron chi connectivity index (χ3n) is 1.89. The molecule has 6 heteroatoms. The standard InChI is InChI=1S/C7H5ClO3S.H3N/c8-6-3-7(12(9,10)11)5-1-4(6)2-5;/h1,3H,2H2,(H,9,10,11);1H3. The lowest BCUT2D eigenvalue weighted by molar-refractivity contribution is 0.481. The lowest BCUT2D eigenvalue weighted by Crippen LogP contribution is -2.11. The average Bonchev–Trinajstić information content (AvgIpc) is 1.81. The second-order valence-corrected chi connectivity index (χ2v) is 4.50. The normalized spacial score (nSPS) is 13.1. The van der Waals surface area contributed by atoms with Gasteiger partial charge in [-0.2, -0.15) is 8.42 Å². The molecule has 0 fully saturated rings. The van der Waals surface area contributed by atoms with Crippen LogP contribution in [0.15, 0.2) is 17.0 Å². The minimum atomic E-state index is -4.10. The van der Waals surface area contributed by atoms with Gasteiger partial charge in [-0.1, -0.05) is 17.7 Å². The summed E-state index contributed by atoms with van der Waals surface area (Å²) in [6.45, 7) is 0. The van der Waals surface area contributed by atoms with Crippen molar-refractivity contribution >= 4 is 21.7 Å². The van der Waals surface area contributed by atoms with E-state index in [0.29, 0.717) is 17.0 Å². The second kappa shape index (κ2) is 2.95. The molecule has 13 heavy (non-hydrogen) atoms. The van der Waals surface area contributed by atoms with Crippen LogP contribution in [0.4, 0.5) is 0 Å². The summed E-state index contributed by atoms with van der Waals surface area (Å²) in [7, 11) is -4.10. The molecule has 3 rings (SSSR count). The van der Waals surface area contributed by atoms with Crippen molar-refractivity contribution in [2.24, 2.45) is 0 Å². The smallest absolute Gasteiger partial charge is 0.294 e. The van der Waals surface area contributed by atoms with Crippen molar-refractivity contribution in [2.75, 3.05) is 0 Å². The molecule has 4 nitrogen and oxygen atoms in total. The third kappa shape index (κ3) is 1.55. The maximum atomic E-state index is 10.7. The van der Waals surface area contributed by atoms with Gasteiger partial charge in [0.05, 0.1) is 4.90 Å². The number of fused-ring (bicyclic) bond motifs is 2. The van der Waals surface area contributed by atoms with Crippen molar-refractivity contribution in [1.29, 1.82) is 0 Å². The zero-order valence-corrected chi connectivity index (χ0v) is 8.19. The SMILES string of the molecule is N.O=S(=O)(O)c1cc(Cl)c2cc1C2. The van der Waals surface area contributed by atoms with Crippen molar-refractivity contribution < 1.29 is 13.0 Å². The van der Waals surface area contributed by atoms with Gasteiger partial charge < -0.3 is 6.15 Å². The quantitative estimate of drug-likeness (QED) is 0.717. The van der Waals surface area contributed by atoms with Crippen LogP contribution < -0.4 is 6.15 Å². The monoisotopic (exact) mass is 221 g/mol. The molecule has 4 N–H and O–H groups in total. The summed E-state index contributed by atoms with van der Waals surface area (Å²) in [5, 5.41) is 0.401. The zero-order chi connectivity index (χ0) is 8.93. The topological polar surface area (TPSA) is 89.4 Å². The summed E-state index contributed by atoms with van der Waals surface area (Å²) < 4.78 is 30.2. The van der Waals surface area contributed by atoms with Gasteiger partial charge >= 0.3 is 0 Å². The summed E-state index contributed by atoms with van der Waals surface area (Å²) in [5.41, 5.74) is 1.57. The molecule has 72 valence electrons. The molecule has 2 bridgehead atoms. The van der Waals surface area contributed by atoms with E-state index in [4.69, 9.17) is 16.2 Å². The molecule has 0 spiro atoms. The summed E-state index contributed by atoms with van der Waals surface area (Å²) in [5.74, 6) is 0. The molecular weight excluding hydrogens is 214 g/mol. The van der Waals surface area contributed by atoms with Gasteiger partial charge in [-0.3, -0.25) is 4.55 Å². The Kier molecular flexibility index (Phi) is 2.38. The molecule has 0 unspecified atom stereocenters. The number of hydrogen-bond acceptors (Lipinski definition) is 3. The highest BCUT2D eigenvalue weighted by Crippen LogP contribution is 2.34. The van der Waals surface area contributed by atoms with Crippen LogP contribution in [0.1, 0.15) is 11.1 Å². The van der Waals surface area contributed by atoms with Gasteiger partial charge in [0.1, 0.15) is 0 Å². The van der Waals surface area contributed by atoms with E-state index in [9.17, 15) is 8.42 Å². The lowest BCUT2D eigenvalue weighted by Gasteiger charge is -2.19. The molecule has 1 aromatic rings. The van der Waals surface area contributed by atoms with E-state index in [-0.39, 0.29) is 11.0 Å². The van der Waals surface area contributed by atoms with E-state index in [1.54, 1.807) is 6.07 Å². The molecule has 0 saturated carbocycles. The number of halogens is 1. The van der Waals surface area contributed by atoms with E-state index in [1.807, 2.05) is 0 Å². The van der Waals surface area contributed by atoms with Gasteiger partial charge in [-0.15, -0.1) is 0 Å². The fourth-order valence-corrected chi connectivity index (χ4v) is 2.26. The molecule has 0 atom stereocenters. The molecule has 0 aliphatic heterocycles. The zero-order valence-electron chi connectivity index (χ0n) is 6.62. The minimum absolute atomic E-state index is 0. The van der Waals surface area contributed by atoms with Crippen molar-refractivity contribution in [2.45, 2.75) is 11.3 Å². The highest BCUT2D eigenvalue weighted by atomic mass is 35.5. The molecule has 0 saturated heterocycles. The maximum Gasteiger partial charge on any atom is 0.294 e. The molecular formula is C7H8ClNO3S. The van der Waals surface area contributed by atoms with Gasteiger partial charge in [0.25, 0.3) is 10.1 Å². The number of benzene rings is 1. The Morgan fingerprint density at radius 3 is 2.15 bits per heavy atom. The van der Waals surface area contributed by atoms with E-state index in [2.05, 4.69) is 0 Å². The molecule has 2 aliphatic rings. The lowest BCUT2D eigenvalue weighted by atomic mass is 9.93. The van der Waals surface area contributed by atoms with E-state index in [0.717, 1.165) is 5.56 Å². The Balaban J connectivity index is 0.000000845. The van der Waals surface area contributed by atoms with Gasteiger partial charge in [0, 0.05) is 11.4 Å². The predicted octanol–water partition coefficient (Wildman–Crippen LogP) is 1.65. The first-order chi connectivity index (χ1) is 5.48. The van der Waals surface area contributed by atoms with Crippen LogP contribution in [0.2, 0.25) is 5.02 Å². The van der Waals surface area contributed by atoms with Crippen LogP contribution in [-0.4, -0.2) is 13.0 Å². The highest BCUT2D eigenvalue weighted by molar-refractivity contribution is 7.85. The van der Waals surface area contributed by atoms with Crippen LogP contribution >= 0.6 is 11.6 Å². The van der Waals surface area contributed by atoms with Gasteiger partial charge in [-0.05, 0) is 17.2 Å². The molecule has 0 amide bonds. The molecule has 2 aliphatic carbocycles. The first kappa shape index (κ1) is 10.5. The maximum absolute atomic E-state index is 10.7. The fraction of sp³-hybridized carbons (Fsp3) is 0.143. The Morgan fingerprint density at radius 1 is 1.31 bits per heavy atom. The summed E-state index contributed by atoms with van der Waals surface area (Å²) >= 11 is 5.69. The van der Waals surface area contributed by atoms with Crippen LogP contribution in [0.25, 0.3) is 0 Å². The fourth-order valence-electron chi connectivity index (χ4n) is 1.24. The number of rotatable bonds is 1. The summed E-state index contributed by atoms with van der Waals surface area (Å²) in [6.07, 6.45) is 0.546. The van der Waals surface area contributed by atoms with Crippen LogP contribution in [-0.2, 0) is 16.5 Å². The van der Waals surface area contributed by atoms with Crippen molar-refractivity contribution in [3.8, 4) is 0 Å². The van der Waals surface area contributed by atoms with Crippen molar-refractivity contribution in [3.63, 3.8) is 0 Å². The summed E-state index contributed by atoms with van der Waals surface area (Å²) in [4.78, 5) is -0.0671. The Morgan fingerprint density at radius 2 is 1.85 bits per heavy atom. The largest absolute Gasteiger partial charge is 0.344 e. The number of hydrogen-bond donors (Lipinski definition) is 2. The molecule has 0 aromatic heterocycles. The average molecular weight is 222 g/mol. The first-order valence-corrected chi connectivity index (χ1v) is 5.09. The van der Waals surface area contributed by atoms with E-state index < -0.39 is 10.1 Å². The van der Waals surface area contributed by atoms with Gasteiger partial charge in [-0.25, -0.2) is 0 Å². The van der Waals surface area contributed by atoms with Crippen LogP contribution in [0.3, 0.4) is 0 Å². The van der Waals surface area contributed by atoms with Crippen LogP contribution in [0, 0.1) is 0 Å².